The van der Waals surface area contributed by atoms with Gasteiger partial charge >= 0.3 is 0 Å². The van der Waals surface area contributed by atoms with Crippen molar-refractivity contribution in [2.24, 2.45) is 7.05 Å². The number of benzene rings is 1. The first-order valence-electron chi connectivity index (χ1n) is 10.6. The van der Waals surface area contributed by atoms with Crippen molar-refractivity contribution in [3.63, 3.8) is 0 Å². The molecule has 1 aromatic carbocycles. The predicted octanol–water partition coefficient (Wildman–Crippen LogP) is 4.68. The molecule has 0 bridgehead atoms. The fourth-order valence-electron chi connectivity index (χ4n) is 4.44. The van der Waals surface area contributed by atoms with Crippen molar-refractivity contribution in [3.8, 4) is 0 Å². The number of nitrogens with zero attached hydrogens (tertiary/aromatic N) is 4. The maximum absolute atomic E-state index is 5.73. The highest BCUT2D eigenvalue weighted by atomic mass is 32.2. The molecule has 154 valence electrons. The number of thiophene rings is 1. The molecule has 0 N–H and O–H groups in total. The maximum Gasteiger partial charge on any atom is 0.191 e. The Morgan fingerprint density at radius 2 is 2.03 bits per heavy atom. The Bertz CT molecular complexity index is 922. The van der Waals surface area contributed by atoms with Crippen molar-refractivity contribution in [1.29, 1.82) is 0 Å². The first-order chi connectivity index (χ1) is 14.3. The van der Waals surface area contributed by atoms with Crippen LogP contribution in [0.4, 0.5) is 0 Å². The van der Waals surface area contributed by atoms with E-state index in [0.717, 1.165) is 55.8 Å². The third-order valence-corrected chi connectivity index (χ3v) is 8.35. The van der Waals surface area contributed by atoms with Crippen LogP contribution in [0.15, 0.2) is 35.5 Å². The zero-order valence-electron chi connectivity index (χ0n) is 16.9. The molecule has 0 unspecified atom stereocenters. The lowest BCUT2D eigenvalue weighted by molar-refractivity contribution is 0.129. The Morgan fingerprint density at radius 3 is 2.83 bits per heavy atom. The molecule has 0 radical (unpaired) electrons. The lowest BCUT2D eigenvalue weighted by Crippen LogP contribution is -2.33. The summed E-state index contributed by atoms with van der Waals surface area (Å²) in [5.41, 5.74) is 0. The normalized spacial score (nSPS) is 21.3. The molecule has 0 spiro atoms. The summed E-state index contributed by atoms with van der Waals surface area (Å²) in [5.74, 6) is 2.66. The van der Waals surface area contributed by atoms with Crippen LogP contribution < -0.4 is 0 Å². The molecule has 2 saturated heterocycles. The third kappa shape index (κ3) is 4.38. The van der Waals surface area contributed by atoms with Crippen LogP contribution in [0.1, 0.15) is 42.3 Å². The summed E-state index contributed by atoms with van der Waals surface area (Å²) in [5, 5.41) is 11.4. The summed E-state index contributed by atoms with van der Waals surface area (Å²) in [6.07, 6.45) is 5.07. The highest BCUT2D eigenvalue weighted by molar-refractivity contribution is 7.99. The Balaban J connectivity index is 1.16. The van der Waals surface area contributed by atoms with Gasteiger partial charge in [0, 0.05) is 41.4 Å². The van der Waals surface area contributed by atoms with Crippen molar-refractivity contribution in [3.05, 3.63) is 41.0 Å². The molecule has 0 aliphatic carbocycles. The van der Waals surface area contributed by atoms with E-state index >= 15 is 0 Å². The van der Waals surface area contributed by atoms with Gasteiger partial charge in [-0.05, 0) is 56.3 Å². The number of ether oxygens (including phenoxy) is 1. The molecule has 29 heavy (non-hydrogen) atoms. The second-order valence-corrected chi connectivity index (χ2v) is 10.3. The standard InChI is InChI=1S/C22H28N4OS2/c1-25-21(23-24-22(25)28-15-18-6-4-12-27-18)16-8-10-26(11-9-16)14-19-13-17-5-2-3-7-20(17)29-19/h2-3,5,7,13,16,18H,4,6,8-12,14-15H2,1H3/t18-/m1/s1. The van der Waals surface area contributed by atoms with E-state index < -0.39 is 0 Å². The van der Waals surface area contributed by atoms with Gasteiger partial charge in [-0.25, -0.2) is 0 Å². The van der Waals surface area contributed by atoms with Gasteiger partial charge in [0.1, 0.15) is 5.82 Å². The molecule has 5 nitrogen and oxygen atoms in total. The van der Waals surface area contributed by atoms with E-state index in [1.165, 1.54) is 27.8 Å². The minimum Gasteiger partial charge on any atom is -0.377 e. The molecule has 2 aliphatic heterocycles. The Hall–Kier alpha value is -1.41. The first kappa shape index (κ1) is 19.5. The van der Waals surface area contributed by atoms with E-state index in [0.29, 0.717) is 12.0 Å². The van der Waals surface area contributed by atoms with E-state index in [2.05, 4.69) is 57.0 Å². The zero-order valence-corrected chi connectivity index (χ0v) is 18.6. The lowest BCUT2D eigenvalue weighted by atomic mass is 9.96. The van der Waals surface area contributed by atoms with Crippen molar-refractivity contribution >= 4 is 33.2 Å². The topological polar surface area (TPSA) is 43.2 Å². The van der Waals surface area contributed by atoms with Gasteiger partial charge in [-0.15, -0.1) is 21.5 Å². The molecule has 0 saturated carbocycles. The van der Waals surface area contributed by atoms with Crippen LogP contribution in [0.5, 0.6) is 0 Å². The van der Waals surface area contributed by atoms with Crippen LogP contribution in [-0.4, -0.2) is 51.2 Å². The molecule has 2 fully saturated rings. The minimum absolute atomic E-state index is 0.386. The molecule has 2 aromatic heterocycles. The monoisotopic (exact) mass is 428 g/mol. The molecular weight excluding hydrogens is 400 g/mol. The summed E-state index contributed by atoms with van der Waals surface area (Å²) in [6, 6.07) is 11.0. The van der Waals surface area contributed by atoms with Crippen molar-refractivity contribution in [2.75, 3.05) is 25.4 Å². The quantitative estimate of drug-likeness (QED) is 0.533. The van der Waals surface area contributed by atoms with Gasteiger partial charge in [-0.2, -0.15) is 0 Å². The summed E-state index contributed by atoms with van der Waals surface area (Å²) in [7, 11) is 2.12. The highest BCUT2D eigenvalue weighted by Gasteiger charge is 2.26. The van der Waals surface area contributed by atoms with Gasteiger partial charge in [-0.1, -0.05) is 30.0 Å². The number of hydrogen-bond donors (Lipinski definition) is 0. The smallest absolute Gasteiger partial charge is 0.191 e. The molecule has 0 amide bonds. The number of fused-ring (bicyclic) bond motifs is 1. The average molecular weight is 429 g/mol. The molecule has 3 aromatic rings. The maximum atomic E-state index is 5.73. The van der Waals surface area contributed by atoms with E-state index in [9.17, 15) is 0 Å². The Morgan fingerprint density at radius 1 is 1.17 bits per heavy atom. The molecule has 2 aliphatic rings. The minimum atomic E-state index is 0.386. The fraction of sp³-hybridized carbons (Fsp3) is 0.545. The van der Waals surface area contributed by atoms with E-state index in [1.54, 1.807) is 11.8 Å². The lowest BCUT2D eigenvalue weighted by Gasteiger charge is -2.31. The summed E-state index contributed by atoms with van der Waals surface area (Å²) in [6.45, 7) is 4.23. The van der Waals surface area contributed by atoms with Crippen molar-refractivity contribution < 1.29 is 4.74 Å². The van der Waals surface area contributed by atoms with Gasteiger partial charge in [0.2, 0.25) is 0 Å². The van der Waals surface area contributed by atoms with Crippen LogP contribution in [0.2, 0.25) is 0 Å². The average Bonchev–Trinajstić information content (AvgIpc) is 3.47. The van der Waals surface area contributed by atoms with Gasteiger partial charge < -0.3 is 9.30 Å². The summed E-state index contributed by atoms with van der Waals surface area (Å²) < 4.78 is 9.34. The number of aromatic nitrogens is 3. The van der Waals surface area contributed by atoms with E-state index in [4.69, 9.17) is 4.74 Å². The van der Waals surface area contributed by atoms with Gasteiger partial charge in [-0.3, -0.25) is 4.90 Å². The second kappa shape index (κ2) is 8.76. The summed E-state index contributed by atoms with van der Waals surface area (Å²) >= 11 is 3.72. The number of piperidine rings is 1. The van der Waals surface area contributed by atoms with Crippen molar-refractivity contribution in [2.45, 2.75) is 49.4 Å². The highest BCUT2D eigenvalue weighted by Crippen LogP contribution is 2.32. The van der Waals surface area contributed by atoms with E-state index in [1.807, 2.05) is 11.3 Å². The van der Waals surface area contributed by atoms with Crippen LogP contribution in [0, 0.1) is 0 Å². The molecule has 5 rings (SSSR count). The van der Waals surface area contributed by atoms with Crippen LogP contribution in [0.3, 0.4) is 0 Å². The zero-order chi connectivity index (χ0) is 19.6. The number of likely N-dealkylation sites (tertiary alicyclic amines) is 1. The summed E-state index contributed by atoms with van der Waals surface area (Å²) in [4.78, 5) is 4.06. The van der Waals surface area contributed by atoms with Gasteiger partial charge in [0.15, 0.2) is 5.16 Å². The van der Waals surface area contributed by atoms with Crippen LogP contribution in [0.25, 0.3) is 10.1 Å². The number of thioether (sulfide) groups is 1. The fourth-order valence-corrected chi connectivity index (χ4v) is 6.53. The largest absolute Gasteiger partial charge is 0.377 e. The Kier molecular flexibility index (Phi) is 5.90. The SMILES string of the molecule is Cn1c(SC[C@H]2CCCO2)nnc1C1CCN(Cc2cc3ccccc3s2)CC1. The number of rotatable bonds is 6. The molecular formula is C22H28N4OS2. The molecule has 1 atom stereocenters. The van der Waals surface area contributed by atoms with Crippen molar-refractivity contribution in [1.82, 2.24) is 19.7 Å². The Labute approximate surface area is 180 Å². The van der Waals surface area contributed by atoms with Gasteiger partial charge in [0.05, 0.1) is 6.10 Å². The van der Waals surface area contributed by atoms with Crippen LogP contribution in [-0.2, 0) is 18.3 Å². The van der Waals surface area contributed by atoms with Crippen LogP contribution >= 0.6 is 23.1 Å². The van der Waals surface area contributed by atoms with E-state index in [-0.39, 0.29) is 0 Å². The molecule has 7 heteroatoms. The first-order valence-corrected chi connectivity index (χ1v) is 12.4. The second-order valence-electron chi connectivity index (χ2n) is 8.15. The molecule has 4 heterocycles. The predicted molar refractivity (Wildman–Crippen MR) is 120 cm³/mol. The number of hydrogen-bond acceptors (Lipinski definition) is 6. The van der Waals surface area contributed by atoms with Gasteiger partial charge in [0.25, 0.3) is 0 Å². The third-order valence-electron chi connectivity index (χ3n) is 6.10.